The molecular weight excluding hydrogens is 266 g/mol. The molecule has 0 fully saturated rings. The molecule has 6 nitrogen and oxygen atoms in total. The maximum Gasteiger partial charge on any atom is 0.227 e. The van der Waals surface area contributed by atoms with E-state index in [2.05, 4.69) is 25.9 Å². The first-order valence-corrected chi connectivity index (χ1v) is 6.51. The number of amides is 1. The molecule has 0 saturated heterocycles. The molecule has 0 spiro atoms. The molecule has 19 heavy (non-hydrogen) atoms. The van der Waals surface area contributed by atoms with Gasteiger partial charge in [0, 0.05) is 20.1 Å². The molecule has 3 N–H and O–H groups in total. The van der Waals surface area contributed by atoms with E-state index in [1.165, 1.54) is 6.20 Å². The Hall–Kier alpha value is -1.56. The standard InChI is InChI=1S/C12H20ClN5O/c1-5-15-11-16-6-8(13)9(18-11)17-7-12(2,3)10(19)14-4/h6H,5,7H2,1-4H3,(H,14,19)(H2,15,16,17,18). The average Bonchev–Trinajstić information content (AvgIpc) is 2.38. The maximum atomic E-state index is 11.7. The van der Waals surface area contributed by atoms with Gasteiger partial charge < -0.3 is 16.0 Å². The second-order valence-electron chi connectivity index (χ2n) is 4.74. The summed E-state index contributed by atoms with van der Waals surface area (Å²) in [6.07, 6.45) is 1.53. The molecule has 0 aliphatic heterocycles. The van der Waals surface area contributed by atoms with Crippen molar-refractivity contribution in [1.82, 2.24) is 15.3 Å². The van der Waals surface area contributed by atoms with Crippen LogP contribution in [0.25, 0.3) is 0 Å². The molecule has 1 aromatic rings. The largest absolute Gasteiger partial charge is 0.368 e. The van der Waals surface area contributed by atoms with Gasteiger partial charge in [-0.3, -0.25) is 4.79 Å². The molecule has 0 bridgehead atoms. The van der Waals surface area contributed by atoms with Gasteiger partial charge in [0.05, 0.1) is 11.6 Å². The summed E-state index contributed by atoms with van der Waals surface area (Å²) in [6.45, 7) is 6.80. The SMILES string of the molecule is CCNc1ncc(Cl)c(NCC(C)(C)C(=O)NC)n1. The van der Waals surface area contributed by atoms with Crippen LogP contribution in [-0.2, 0) is 4.79 Å². The monoisotopic (exact) mass is 285 g/mol. The minimum absolute atomic E-state index is 0.0444. The van der Waals surface area contributed by atoms with Crippen LogP contribution in [0.2, 0.25) is 5.02 Å². The van der Waals surface area contributed by atoms with E-state index >= 15 is 0 Å². The van der Waals surface area contributed by atoms with Gasteiger partial charge in [0.25, 0.3) is 0 Å². The summed E-state index contributed by atoms with van der Waals surface area (Å²) in [5.74, 6) is 0.980. The van der Waals surface area contributed by atoms with Crippen molar-refractivity contribution < 1.29 is 4.79 Å². The molecule has 0 atom stereocenters. The van der Waals surface area contributed by atoms with Crippen molar-refractivity contribution in [3.8, 4) is 0 Å². The maximum absolute atomic E-state index is 11.7. The molecule has 0 aliphatic rings. The Morgan fingerprint density at radius 3 is 2.68 bits per heavy atom. The van der Waals surface area contributed by atoms with Crippen LogP contribution in [0.1, 0.15) is 20.8 Å². The van der Waals surface area contributed by atoms with Crippen molar-refractivity contribution >= 4 is 29.3 Å². The Balaban J connectivity index is 2.76. The zero-order valence-electron chi connectivity index (χ0n) is 11.7. The van der Waals surface area contributed by atoms with Gasteiger partial charge in [-0.1, -0.05) is 11.6 Å². The molecule has 106 valence electrons. The van der Waals surface area contributed by atoms with Gasteiger partial charge in [0.2, 0.25) is 11.9 Å². The minimum Gasteiger partial charge on any atom is -0.368 e. The molecule has 1 aromatic heterocycles. The summed E-state index contributed by atoms with van der Waals surface area (Å²) in [5.41, 5.74) is -0.554. The highest BCUT2D eigenvalue weighted by molar-refractivity contribution is 6.32. The summed E-state index contributed by atoms with van der Waals surface area (Å²) in [5, 5.41) is 9.15. The highest BCUT2D eigenvalue weighted by atomic mass is 35.5. The Labute approximate surface area is 118 Å². The zero-order valence-corrected chi connectivity index (χ0v) is 12.4. The lowest BCUT2D eigenvalue weighted by Crippen LogP contribution is -2.39. The third-order valence-electron chi connectivity index (χ3n) is 2.62. The molecule has 0 radical (unpaired) electrons. The molecule has 0 aliphatic carbocycles. The van der Waals surface area contributed by atoms with Crippen molar-refractivity contribution in [1.29, 1.82) is 0 Å². The second kappa shape index (κ2) is 6.56. The molecule has 0 aromatic carbocycles. The van der Waals surface area contributed by atoms with E-state index in [-0.39, 0.29) is 5.91 Å². The summed E-state index contributed by atoms with van der Waals surface area (Å²) >= 11 is 6.02. The van der Waals surface area contributed by atoms with Gasteiger partial charge in [-0.2, -0.15) is 4.98 Å². The van der Waals surface area contributed by atoms with Crippen LogP contribution in [0.5, 0.6) is 0 Å². The fourth-order valence-electron chi connectivity index (χ4n) is 1.46. The Morgan fingerprint density at radius 2 is 2.11 bits per heavy atom. The number of nitrogens with one attached hydrogen (secondary N) is 3. The predicted octanol–water partition coefficient (Wildman–Crippen LogP) is 1.75. The lowest BCUT2D eigenvalue weighted by atomic mass is 9.92. The summed E-state index contributed by atoms with van der Waals surface area (Å²) < 4.78 is 0. The van der Waals surface area contributed by atoms with E-state index in [1.807, 2.05) is 20.8 Å². The number of halogens is 1. The minimum atomic E-state index is -0.554. The number of aromatic nitrogens is 2. The van der Waals surface area contributed by atoms with Crippen molar-refractivity contribution in [2.75, 3.05) is 30.8 Å². The molecule has 7 heteroatoms. The molecular formula is C12H20ClN5O. The van der Waals surface area contributed by atoms with Gasteiger partial charge in [0.15, 0.2) is 5.82 Å². The predicted molar refractivity (Wildman–Crippen MR) is 77.5 cm³/mol. The highest BCUT2D eigenvalue weighted by Gasteiger charge is 2.26. The van der Waals surface area contributed by atoms with Crippen LogP contribution in [0.4, 0.5) is 11.8 Å². The molecule has 0 saturated carbocycles. The van der Waals surface area contributed by atoms with Crippen LogP contribution < -0.4 is 16.0 Å². The molecule has 1 rings (SSSR count). The summed E-state index contributed by atoms with van der Waals surface area (Å²) in [4.78, 5) is 20.0. The van der Waals surface area contributed by atoms with Crippen LogP contribution in [0.3, 0.4) is 0 Å². The Morgan fingerprint density at radius 1 is 1.42 bits per heavy atom. The van der Waals surface area contributed by atoms with E-state index in [1.54, 1.807) is 7.05 Å². The molecule has 0 unspecified atom stereocenters. The van der Waals surface area contributed by atoms with Crippen molar-refractivity contribution in [2.24, 2.45) is 5.41 Å². The van der Waals surface area contributed by atoms with E-state index in [0.29, 0.717) is 23.3 Å². The van der Waals surface area contributed by atoms with Crippen LogP contribution in [0.15, 0.2) is 6.20 Å². The summed E-state index contributed by atoms with van der Waals surface area (Å²) in [7, 11) is 1.62. The van der Waals surface area contributed by atoms with Gasteiger partial charge in [-0.25, -0.2) is 4.98 Å². The van der Waals surface area contributed by atoms with Crippen LogP contribution in [0, 0.1) is 5.41 Å². The van der Waals surface area contributed by atoms with Gasteiger partial charge in [-0.05, 0) is 20.8 Å². The third-order valence-corrected chi connectivity index (χ3v) is 2.90. The van der Waals surface area contributed by atoms with E-state index in [9.17, 15) is 4.79 Å². The Kier molecular flexibility index (Phi) is 5.35. The fraction of sp³-hybridized carbons (Fsp3) is 0.583. The first-order chi connectivity index (χ1) is 8.90. The van der Waals surface area contributed by atoms with Gasteiger partial charge in [-0.15, -0.1) is 0 Å². The smallest absolute Gasteiger partial charge is 0.227 e. The Bertz CT molecular complexity index is 450. The van der Waals surface area contributed by atoms with Crippen molar-refractivity contribution in [2.45, 2.75) is 20.8 Å². The van der Waals surface area contributed by atoms with Crippen LogP contribution in [-0.4, -0.2) is 36.0 Å². The normalized spacial score (nSPS) is 11.0. The van der Waals surface area contributed by atoms with Crippen LogP contribution >= 0.6 is 11.6 Å². The number of rotatable bonds is 6. The average molecular weight is 286 g/mol. The van der Waals surface area contributed by atoms with E-state index in [0.717, 1.165) is 6.54 Å². The van der Waals surface area contributed by atoms with Crippen molar-refractivity contribution in [3.63, 3.8) is 0 Å². The topological polar surface area (TPSA) is 78.9 Å². The lowest BCUT2D eigenvalue weighted by Gasteiger charge is -2.23. The zero-order chi connectivity index (χ0) is 14.5. The number of hydrogen-bond acceptors (Lipinski definition) is 5. The van der Waals surface area contributed by atoms with E-state index in [4.69, 9.17) is 11.6 Å². The number of nitrogens with zero attached hydrogens (tertiary/aromatic N) is 2. The van der Waals surface area contributed by atoms with Gasteiger partial charge in [0.1, 0.15) is 5.02 Å². The van der Waals surface area contributed by atoms with Gasteiger partial charge >= 0.3 is 0 Å². The fourth-order valence-corrected chi connectivity index (χ4v) is 1.62. The quantitative estimate of drug-likeness (QED) is 0.742. The summed E-state index contributed by atoms with van der Waals surface area (Å²) in [6, 6.07) is 0. The molecule has 1 heterocycles. The number of hydrogen-bond donors (Lipinski definition) is 3. The van der Waals surface area contributed by atoms with Crippen molar-refractivity contribution in [3.05, 3.63) is 11.2 Å². The third kappa shape index (κ3) is 4.24. The second-order valence-corrected chi connectivity index (χ2v) is 5.14. The number of carbonyl (C=O) groups is 1. The lowest BCUT2D eigenvalue weighted by molar-refractivity contribution is -0.128. The molecule has 1 amide bonds. The number of anilines is 2. The first kappa shape index (κ1) is 15.5. The highest BCUT2D eigenvalue weighted by Crippen LogP contribution is 2.22. The van der Waals surface area contributed by atoms with E-state index < -0.39 is 5.41 Å². The number of carbonyl (C=O) groups excluding carboxylic acids is 1. The first-order valence-electron chi connectivity index (χ1n) is 6.13.